The minimum atomic E-state index is 0.0814. The van der Waals surface area contributed by atoms with Crippen LogP contribution in [0, 0.1) is 0 Å². The van der Waals surface area contributed by atoms with Crippen LogP contribution in [-0.2, 0) is 0 Å². The Morgan fingerprint density at radius 1 is 1.05 bits per heavy atom. The van der Waals surface area contributed by atoms with Gasteiger partial charge >= 0.3 is 0 Å². The van der Waals surface area contributed by atoms with Gasteiger partial charge in [0.15, 0.2) is 0 Å². The monoisotopic (exact) mass is 254 g/mol. The van der Waals surface area contributed by atoms with Gasteiger partial charge < -0.3 is 0 Å². The minimum Gasteiger partial charge on any atom is -0.300 e. The van der Waals surface area contributed by atoms with Crippen LogP contribution >= 0.6 is 0 Å². The van der Waals surface area contributed by atoms with E-state index in [1.165, 1.54) is 5.56 Å². The molecule has 0 spiro atoms. The summed E-state index contributed by atoms with van der Waals surface area (Å²) in [6.45, 7) is 6.66. The molecule has 0 aliphatic carbocycles. The van der Waals surface area contributed by atoms with Crippen molar-refractivity contribution < 1.29 is 0 Å². The third-order valence-electron chi connectivity index (χ3n) is 3.54. The molecule has 1 unspecified atom stereocenters. The van der Waals surface area contributed by atoms with Crippen molar-refractivity contribution in [3.05, 3.63) is 66.0 Å². The molecule has 0 fully saturated rings. The third kappa shape index (κ3) is 3.65. The zero-order valence-corrected chi connectivity index (χ0v) is 11.9. The largest absolute Gasteiger partial charge is 0.300 e. The van der Waals surface area contributed by atoms with Crippen LogP contribution in [0.3, 0.4) is 0 Å². The molecule has 1 aromatic heterocycles. The molecule has 2 rings (SSSR count). The third-order valence-corrected chi connectivity index (χ3v) is 3.54. The number of aromatic nitrogens is 1. The Hall–Kier alpha value is -1.67. The lowest BCUT2D eigenvalue weighted by Gasteiger charge is -2.31. The molecule has 2 aromatic rings. The van der Waals surface area contributed by atoms with E-state index >= 15 is 0 Å². The van der Waals surface area contributed by atoms with Crippen LogP contribution in [0.1, 0.15) is 44.5 Å². The lowest BCUT2D eigenvalue weighted by atomic mass is 9.95. The highest BCUT2D eigenvalue weighted by atomic mass is 15.0. The number of pyridine rings is 1. The highest BCUT2D eigenvalue weighted by Crippen LogP contribution is 2.24. The van der Waals surface area contributed by atoms with Gasteiger partial charge in [-0.15, -0.1) is 0 Å². The smallest absolute Gasteiger partial charge is 0.0755 e. The lowest BCUT2D eigenvalue weighted by molar-refractivity contribution is 0.345. The molecule has 100 valence electrons. The second-order valence-electron chi connectivity index (χ2n) is 5.48. The fourth-order valence-electron chi connectivity index (χ4n) is 2.01. The molecule has 0 saturated carbocycles. The van der Waals surface area contributed by atoms with E-state index in [1.807, 2.05) is 24.4 Å². The highest BCUT2D eigenvalue weighted by molar-refractivity contribution is 5.28. The Balaban J connectivity index is 2.35. The predicted octanol–water partition coefficient (Wildman–Crippen LogP) is 3.95. The van der Waals surface area contributed by atoms with Crippen molar-refractivity contribution in [2.75, 3.05) is 0 Å². The maximum Gasteiger partial charge on any atom is 0.0755 e. The van der Waals surface area contributed by atoms with Crippen molar-refractivity contribution in [1.82, 2.24) is 10.3 Å². The van der Waals surface area contributed by atoms with Crippen molar-refractivity contribution in [2.24, 2.45) is 0 Å². The normalized spacial score (nSPS) is 13.2. The van der Waals surface area contributed by atoms with Crippen LogP contribution in [-0.4, -0.2) is 10.5 Å². The van der Waals surface area contributed by atoms with E-state index in [4.69, 9.17) is 0 Å². The molecule has 2 heteroatoms. The van der Waals surface area contributed by atoms with Gasteiger partial charge in [0.25, 0.3) is 0 Å². The van der Waals surface area contributed by atoms with E-state index in [2.05, 4.69) is 61.4 Å². The maximum absolute atomic E-state index is 4.51. The molecule has 0 bridgehead atoms. The molecule has 0 amide bonds. The van der Waals surface area contributed by atoms with E-state index in [1.54, 1.807) is 0 Å². The SMILES string of the molecule is CCC(C)(C)NC(c1ccccc1)c1ccccn1. The summed E-state index contributed by atoms with van der Waals surface area (Å²) < 4.78 is 0. The summed E-state index contributed by atoms with van der Waals surface area (Å²) in [6, 6.07) is 16.7. The molecule has 0 aliphatic heterocycles. The lowest BCUT2D eigenvalue weighted by Crippen LogP contribution is -2.41. The molecule has 1 N–H and O–H groups in total. The van der Waals surface area contributed by atoms with Crippen LogP contribution in [0.5, 0.6) is 0 Å². The summed E-state index contributed by atoms with van der Waals surface area (Å²) in [7, 11) is 0. The van der Waals surface area contributed by atoms with Crippen molar-refractivity contribution in [3.63, 3.8) is 0 Å². The summed E-state index contributed by atoms with van der Waals surface area (Å²) in [5, 5.41) is 3.71. The number of nitrogens with zero attached hydrogens (tertiary/aromatic N) is 1. The predicted molar refractivity (Wildman–Crippen MR) is 80.0 cm³/mol. The summed E-state index contributed by atoms with van der Waals surface area (Å²) in [5.41, 5.74) is 2.40. The quantitative estimate of drug-likeness (QED) is 0.874. The molecule has 2 nitrogen and oxygen atoms in total. The zero-order valence-electron chi connectivity index (χ0n) is 11.9. The molecule has 0 saturated heterocycles. The van der Waals surface area contributed by atoms with Gasteiger partial charge in [0, 0.05) is 11.7 Å². The van der Waals surface area contributed by atoms with Crippen molar-refractivity contribution in [3.8, 4) is 0 Å². The minimum absolute atomic E-state index is 0.0814. The van der Waals surface area contributed by atoms with Crippen molar-refractivity contribution in [2.45, 2.75) is 38.8 Å². The molecule has 1 atom stereocenters. The van der Waals surface area contributed by atoms with E-state index < -0.39 is 0 Å². The molecule has 1 heterocycles. The van der Waals surface area contributed by atoms with Crippen LogP contribution in [0.15, 0.2) is 54.7 Å². The number of hydrogen-bond acceptors (Lipinski definition) is 2. The van der Waals surface area contributed by atoms with Crippen LogP contribution in [0.25, 0.3) is 0 Å². The van der Waals surface area contributed by atoms with Crippen molar-refractivity contribution >= 4 is 0 Å². The summed E-state index contributed by atoms with van der Waals surface area (Å²) >= 11 is 0. The van der Waals surface area contributed by atoms with Gasteiger partial charge in [-0.2, -0.15) is 0 Å². The standard InChI is InChI=1S/C17H22N2/c1-4-17(2,3)19-16(14-10-6-5-7-11-14)15-12-8-9-13-18-15/h5-13,16,19H,4H2,1-3H3. The van der Waals surface area contributed by atoms with Crippen LogP contribution < -0.4 is 5.32 Å². The van der Waals surface area contributed by atoms with Gasteiger partial charge in [0.05, 0.1) is 11.7 Å². The molecule has 1 aromatic carbocycles. The van der Waals surface area contributed by atoms with E-state index in [9.17, 15) is 0 Å². The number of hydrogen-bond donors (Lipinski definition) is 1. The average Bonchev–Trinajstić information content (AvgIpc) is 2.47. The number of benzene rings is 1. The Kier molecular flexibility index (Phi) is 4.33. The van der Waals surface area contributed by atoms with Gasteiger partial charge in [0.1, 0.15) is 0 Å². The number of nitrogens with one attached hydrogen (secondary N) is 1. The van der Waals surface area contributed by atoms with Gasteiger partial charge in [-0.25, -0.2) is 0 Å². The van der Waals surface area contributed by atoms with E-state index in [0.29, 0.717) is 0 Å². The first-order valence-corrected chi connectivity index (χ1v) is 6.86. The molecular formula is C17H22N2. The molecule has 19 heavy (non-hydrogen) atoms. The fourth-order valence-corrected chi connectivity index (χ4v) is 2.01. The van der Waals surface area contributed by atoms with Gasteiger partial charge in [-0.05, 0) is 38.0 Å². The first-order chi connectivity index (χ1) is 9.12. The first-order valence-electron chi connectivity index (χ1n) is 6.86. The van der Waals surface area contributed by atoms with Crippen LogP contribution in [0.2, 0.25) is 0 Å². The molecule has 0 aliphatic rings. The maximum atomic E-state index is 4.51. The Morgan fingerprint density at radius 3 is 2.32 bits per heavy atom. The molecule has 0 radical (unpaired) electrons. The van der Waals surface area contributed by atoms with Gasteiger partial charge in [0.2, 0.25) is 0 Å². The number of rotatable bonds is 5. The topological polar surface area (TPSA) is 24.9 Å². The highest BCUT2D eigenvalue weighted by Gasteiger charge is 2.23. The second kappa shape index (κ2) is 5.98. The fraction of sp³-hybridized carbons (Fsp3) is 0.353. The summed E-state index contributed by atoms with van der Waals surface area (Å²) in [4.78, 5) is 4.51. The van der Waals surface area contributed by atoms with E-state index in [-0.39, 0.29) is 11.6 Å². The molecular weight excluding hydrogens is 232 g/mol. The Labute approximate surface area is 115 Å². The average molecular weight is 254 g/mol. The van der Waals surface area contributed by atoms with Gasteiger partial charge in [-0.3, -0.25) is 10.3 Å². The van der Waals surface area contributed by atoms with Gasteiger partial charge in [-0.1, -0.05) is 43.3 Å². The zero-order chi connectivity index (χ0) is 13.7. The summed E-state index contributed by atoms with van der Waals surface area (Å²) in [5.74, 6) is 0. The van der Waals surface area contributed by atoms with Crippen LogP contribution in [0.4, 0.5) is 0 Å². The van der Waals surface area contributed by atoms with Crippen molar-refractivity contribution in [1.29, 1.82) is 0 Å². The summed E-state index contributed by atoms with van der Waals surface area (Å²) in [6.07, 6.45) is 2.93. The first kappa shape index (κ1) is 13.8. The second-order valence-corrected chi connectivity index (χ2v) is 5.48. The Bertz CT molecular complexity index is 452. The van der Waals surface area contributed by atoms with E-state index in [0.717, 1.165) is 12.1 Å². The Morgan fingerprint density at radius 2 is 1.74 bits per heavy atom.